The van der Waals surface area contributed by atoms with Gasteiger partial charge in [0.05, 0.1) is 56.1 Å². The molecular weight excluding hydrogens is 1810 g/mol. The van der Waals surface area contributed by atoms with Crippen LogP contribution in [0.1, 0.15) is 66.8 Å². The molecular formula is C129H78Br2F3N3. The van der Waals surface area contributed by atoms with Gasteiger partial charge in [0.2, 0.25) is 0 Å². The van der Waals surface area contributed by atoms with Crippen molar-refractivity contribution in [1.82, 2.24) is 0 Å². The molecule has 8 heteroatoms. The Balaban J connectivity index is 0.000000144. The summed E-state index contributed by atoms with van der Waals surface area (Å²) in [5.74, 6) is -0.922. The third-order valence-corrected chi connectivity index (χ3v) is 31.2. The molecule has 6 aliphatic rings. The van der Waals surface area contributed by atoms with Crippen molar-refractivity contribution >= 4 is 142 Å². The molecule has 0 fully saturated rings. The molecule has 23 aromatic rings. The summed E-state index contributed by atoms with van der Waals surface area (Å²) in [5, 5.41) is 16.9. The van der Waals surface area contributed by atoms with Gasteiger partial charge in [0, 0.05) is 42.1 Å². The Morgan fingerprint density at radius 3 is 0.737 bits per heavy atom. The highest BCUT2D eigenvalue weighted by Crippen LogP contribution is 2.69. The summed E-state index contributed by atoms with van der Waals surface area (Å²) in [7, 11) is 0. The van der Waals surface area contributed by atoms with Crippen LogP contribution in [-0.4, -0.2) is 0 Å². The molecule has 3 nitrogen and oxygen atoms in total. The maximum Gasteiger partial charge on any atom is 0.147 e. The molecule has 0 radical (unpaired) electrons. The van der Waals surface area contributed by atoms with Crippen LogP contribution in [0.25, 0.3) is 131 Å². The topological polar surface area (TPSA) is 18.5 Å². The third-order valence-electron chi connectivity index (χ3n) is 29.9. The molecule has 0 atom stereocenters. The average molecular weight is 1890 g/mol. The van der Waals surface area contributed by atoms with E-state index in [9.17, 15) is 4.39 Å². The molecule has 29 rings (SSSR count). The fraction of sp³-hybridized carbons (Fsp3) is 0.0233. The number of hydrogen-bond donors (Lipinski definition) is 1. The van der Waals surface area contributed by atoms with Gasteiger partial charge in [-0.3, -0.25) is 0 Å². The maximum absolute atomic E-state index is 17.4. The van der Waals surface area contributed by atoms with Gasteiger partial charge in [-0.15, -0.1) is 0 Å². The van der Waals surface area contributed by atoms with Crippen LogP contribution in [0.3, 0.4) is 0 Å². The Morgan fingerprint density at radius 1 is 0.168 bits per heavy atom. The molecule has 0 heterocycles. The van der Waals surface area contributed by atoms with Crippen LogP contribution in [0.2, 0.25) is 0 Å². The standard InChI is InChI=1S/C80H48F2N2.C31H20FN.C18H10Br2/c81-69-41-17-19-43-71(69)83(73-45-21-39-67-77(73)57-31-9-15-37-65(57)79(67)61-33-11-5-25-51(61)52-26-6-12-34-62(52)79)75-48-60-50-24-2-4-30-56(50)76(47-59(60)49-23-1-3-29-55(49)75)84(72-44-20-18-42-70(72)82)74-46-22-40-68-78(74)58-32-10-16-38-66(58)80(68)63-35-13-7-27-53(63)54-28-8-14-36-64(54)80;32-27-17-7-8-18-28(27)33-29-19-9-16-26-30(29)22-12-3-6-15-25(22)31(26)23-13-4-1-10-20(23)21-11-2-5-14-24(21)31;19-17-10-16-12-6-2-4-8-14(12)18(20)9-15(16)11-5-1-3-7-13(11)17/h1-48H;1-19,33H;1-10H. The number of para-hydroxylation sites is 3. The summed E-state index contributed by atoms with van der Waals surface area (Å²) in [6.45, 7) is 0. The van der Waals surface area contributed by atoms with E-state index in [1.54, 1.807) is 36.4 Å². The number of nitrogens with one attached hydrogen (secondary N) is 1. The summed E-state index contributed by atoms with van der Waals surface area (Å²) in [5.41, 5.74) is 33.1. The van der Waals surface area contributed by atoms with Crippen molar-refractivity contribution in [3.63, 3.8) is 0 Å². The molecule has 0 saturated heterocycles. The Kier molecular flexibility index (Phi) is 18.3. The number of rotatable bonds is 8. The van der Waals surface area contributed by atoms with Gasteiger partial charge in [-0.25, -0.2) is 13.2 Å². The van der Waals surface area contributed by atoms with Crippen LogP contribution in [0.15, 0.2) is 476 Å². The first-order valence-corrected chi connectivity index (χ1v) is 48.2. The van der Waals surface area contributed by atoms with Crippen LogP contribution in [0.5, 0.6) is 0 Å². The highest BCUT2D eigenvalue weighted by molar-refractivity contribution is 9.11. The van der Waals surface area contributed by atoms with Crippen molar-refractivity contribution in [1.29, 1.82) is 0 Å². The second-order valence-corrected chi connectivity index (χ2v) is 38.1. The number of fused-ring (bicyclic) bond motifs is 40. The number of benzene rings is 23. The maximum atomic E-state index is 17.4. The second-order valence-electron chi connectivity index (χ2n) is 36.3. The molecule has 0 saturated carbocycles. The normalized spacial score (nSPS) is 13.5. The van der Waals surface area contributed by atoms with Gasteiger partial charge in [-0.2, -0.15) is 0 Å². The lowest BCUT2D eigenvalue weighted by molar-refractivity contribution is 0.628. The molecule has 0 aromatic heterocycles. The minimum atomic E-state index is -0.605. The minimum Gasteiger partial charge on any atom is -0.353 e. The summed E-state index contributed by atoms with van der Waals surface area (Å²) in [4.78, 5) is 4.35. The van der Waals surface area contributed by atoms with Crippen molar-refractivity contribution in [2.75, 3.05) is 15.1 Å². The monoisotopic (exact) mass is 1880 g/mol. The van der Waals surface area contributed by atoms with E-state index in [1.807, 2.05) is 36.4 Å². The van der Waals surface area contributed by atoms with Crippen LogP contribution < -0.4 is 15.1 Å². The van der Waals surface area contributed by atoms with Crippen molar-refractivity contribution in [3.8, 4) is 66.8 Å². The molecule has 644 valence electrons. The third kappa shape index (κ3) is 11.4. The van der Waals surface area contributed by atoms with Crippen molar-refractivity contribution < 1.29 is 13.2 Å². The fourth-order valence-corrected chi connectivity index (χ4v) is 25.9. The average Bonchev–Trinajstić information content (AvgIpc) is 1.53. The smallest absolute Gasteiger partial charge is 0.147 e. The van der Waals surface area contributed by atoms with E-state index in [-0.39, 0.29) is 22.9 Å². The molecule has 1 N–H and O–H groups in total. The number of anilines is 8. The molecule has 0 amide bonds. The summed E-state index contributed by atoms with van der Waals surface area (Å²) < 4.78 is 51.6. The first-order valence-electron chi connectivity index (χ1n) is 46.6. The Morgan fingerprint density at radius 2 is 0.394 bits per heavy atom. The molecule has 0 bridgehead atoms. The lowest BCUT2D eigenvalue weighted by atomic mass is 9.70. The summed E-state index contributed by atoms with van der Waals surface area (Å²) in [6.07, 6.45) is 0. The molecule has 137 heavy (non-hydrogen) atoms. The van der Waals surface area contributed by atoms with Crippen molar-refractivity contribution in [2.45, 2.75) is 16.2 Å². The fourth-order valence-electron chi connectivity index (χ4n) is 24.8. The first kappa shape index (κ1) is 80.4. The van der Waals surface area contributed by atoms with Crippen LogP contribution in [-0.2, 0) is 16.2 Å². The van der Waals surface area contributed by atoms with Gasteiger partial charge in [-0.05, 0) is 250 Å². The van der Waals surface area contributed by atoms with Crippen LogP contribution in [0, 0.1) is 17.5 Å². The zero-order valence-corrected chi connectivity index (χ0v) is 76.9. The molecule has 3 spiro atoms. The van der Waals surface area contributed by atoms with E-state index in [0.29, 0.717) is 17.1 Å². The van der Waals surface area contributed by atoms with Gasteiger partial charge in [0.15, 0.2) is 0 Å². The number of hydrogen-bond acceptors (Lipinski definition) is 3. The Hall–Kier alpha value is -16.2. The van der Waals surface area contributed by atoms with Crippen LogP contribution in [0.4, 0.5) is 58.7 Å². The lowest BCUT2D eigenvalue weighted by Gasteiger charge is -2.33. The second kappa shape index (κ2) is 31.2. The predicted octanol–water partition coefficient (Wildman–Crippen LogP) is 35.6. The van der Waals surface area contributed by atoms with Gasteiger partial charge in [0.25, 0.3) is 0 Å². The molecule has 6 aliphatic carbocycles. The van der Waals surface area contributed by atoms with Gasteiger partial charge in [-0.1, -0.05) is 420 Å². The van der Waals surface area contributed by atoms with Gasteiger partial charge >= 0.3 is 0 Å². The molecule has 23 aromatic carbocycles. The van der Waals surface area contributed by atoms with E-state index in [0.717, 1.165) is 109 Å². The zero-order valence-electron chi connectivity index (χ0n) is 73.7. The minimum absolute atomic E-state index is 0.257. The van der Waals surface area contributed by atoms with Gasteiger partial charge in [0.1, 0.15) is 17.5 Å². The number of nitrogens with zero attached hydrogens (tertiary/aromatic N) is 2. The quantitative estimate of drug-likeness (QED) is 0.153. The highest BCUT2D eigenvalue weighted by Gasteiger charge is 2.56. The Bertz CT molecular complexity index is 8570. The molecule has 0 aliphatic heterocycles. The highest BCUT2D eigenvalue weighted by atomic mass is 79.9. The first-order chi connectivity index (χ1) is 67.6. The Labute approximate surface area is 807 Å². The summed E-state index contributed by atoms with van der Waals surface area (Å²) in [6, 6.07) is 163. The van der Waals surface area contributed by atoms with E-state index in [4.69, 9.17) is 0 Å². The van der Waals surface area contributed by atoms with Gasteiger partial charge < -0.3 is 15.1 Å². The van der Waals surface area contributed by atoms with E-state index in [1.165, 1.54) is 133 Å². The van der Waals surface area contributed by atoms with E-state index < -0.39 is 10.8 Å². The van der Waals surface area contributed by atoms with E-state index in [2.05, 4.69) is 435 Å². The largest absolute Gasteiger partial charge is 0.353 e. The van der Waals surface area contributed by atoms with Crippen molar-refractivity contribution in [2.24, 2.45) is 0 Å². The molecule has 0 unspecified atom stereocenters. The predicted molar refractivity (Wildman–Crippen MR) is 568 cm³/mol. The SMILES string of the molecule is Brc1cc2c3ccccc3c(Br)cc2c2ccccc12.Fc1ccccc1N(c1cccc2c1-c1ccccc1C21c2ccccc2-c2ccccc21)c1cc2c3ccccc3c(N(c3ccccc3F)c3cccc4c3-c3ccccc3C43c4ccccc4-c4ccccc43)cc2c2ccccc12.Fc1ccccc1Nc1cccc2c1-c1ccccc1C21c2ccccc2-c2ccccc21. The van der Waals surface area contributed by atoms with Crippen LogP contribution >= 0.6 is 31.9 Å². The van der Waals surface area contributed by atoms with Crippen molar-refractivity contribution in [3.05, 3.63) is 560 Å². The lowest BCUT2D eigenvalue weighted by Crippen LogP contribution is -2.26. The summed E-state index contributed by atoms with van der Waals surface area (Å²) >= 11 is 7.42. The number of halogens is 5. The zero-order chi connectivity index (χ0) is 91.1. The van der Waals surface area contributed by atoms with E-state index >= 15 is 8.78 Å².